The molecule has 0 unspecified atom stereocenters. The summed E-state index contributed by atoms with van der Waals surface area (Å²) in [4.78, 5) is 12.4. The third-order valence-electron chi connectivity index (χ3n) is 3.22. The maximum Gasteiger partial charge on any atom is 0.339 e. The number of aromatic carboxylic acids is 1. The second-order valence-electron chi connectivity index (χ2n) is 4.37. The summed E-state index contributed by atoms with van der Waals surface area (Å²) >= 11 is 1.31. The summed E-state index contributed by atoms with van der Waals surface area (Å²) in [5, 5.41) is 9.74. The molecule has 2 aromatic rings. The monoisotopic (exact) mass is 307 g/mol. The van der Waals surface area contributed by atoms with Gasteiger partial charge in [0.1, 0.15) is 10.6 Å². The molecular weight excluding hydrogens is 290 g/mol. The second-order valence-corrected chi connectivity index (χ2v) is 5.50. The van der Waals surface area contributed by atoms with Gasteiger partial charge >= 0.3 is 5.97 Å². The number of carbonyl (C=O) groups is 1. The molecule has 0 fully saturated rings. The molecule has 6 heteroatoms. The van der Waals surface area contributed by atoms with Crippen molar-refractivity contribution >= 4 is 22.3 Å². The van der Waals surface area contributed by atoms with Crippen LogP contribution in [-0.4, -0.2) is 25.3 Å². The summed E-state index contributed by atoms with van der Waals surface area (Å²) in [6.07, 6.45) is 0.714. The Bertz CT molecular complexity index is 679. The molecule has 0 atom stereocenters. The lowest BCUT2D eigenvalue weighted by atomic mass is 9.99. The molecule has 5 nitrogen and oxygen atoms in total. The van der Waals surface area contributed by atoms with Crippen LogP contribution in [0.2, 0.25) is 0 Å². The lowest BCUT2D eigenvalue weighted by Gasteiger charge is -2.11. The lowest BCUT2D eigenvalue weighted by molar-refractivity contribution is 0.0699. The largest absolute Gasteiger partial charge is 0.493 e. The molecule has 0 saturated heterocycles. The quantitative estimate of drug-likeness (QED) is 0.886. The Labute approximate surface area is 126 Å². The third kappa shape index (κ3) is 2.67. The average molecular weight is 307 g/mol. The van der Waals surface area contributed by atoms with Crippen LogP contribution in [0.4, 0.5) is 5.00 Å². The minimum absolute atomic E-state index is 0.157. The fourth-order valence-electron chi connectivity index (χ4n) is 2.26. The van der Waals surface area contributed by atoms with Crippen LogP contribution < -0.4 is 15.2 Å². The van der Waals surface area contributed by atoms with Crippen LogP contribution in [0.5, 0.6) is 11.5 Å². The van der Waals surface area contributed by atoms with Crippen molar-refractivity contribution in [1.82, 2.24) is 0 Å². The van der Waals surface area contributed by atoms with Crippen molar-refractivity contribution < 1.29 is 19.4 Å². The molecule has 0 aliphatic rings. The van der Waals surface area contributed by atoms with E-state index in [1.807, 2.05) is 13.0 Å². The molecule has 3 N–H and O–H groups in total. The number of hydrogen-bond acceptors (Lipinski definition) is 5. The number of rotatable bonds is 5. The van der Waals surface area contributed by atoms with E-state index < -0.39 is 5.97 Å². The van der Waals surface area contributed by atoms with Gasteiger partial charge in [0.15, 0.2) is 11.5 Å². The fourth-order valence-corrected chi connectivity index (χ4v) is 3.28. The molecule has 0 aliphatic carbocycles. The van der Waals surface area contributed by atoms with Crippen molar-refractivity contribution in [3.8, 4) is 22.6 Å². The molecule has 2 rings (SSSR count). The number of nitrogens with two attached hydrogens (primary N) is 1. The Morgan fingerprint density at radius 3 is 2.48 bits per heavy atom. The van der Waals surface area contributed by atoms with Crippen molar-refractivity contribution in [2.75, 3.05) is 20.0 Å². The zero-order chi connectivity index (χ0) is 15.6. The van der Waals surface area contributed by atoms with Gasteiger partial charge in [-0.15, -0.1) is 11.3 Å². The van der Waals surface area contributed by atoms with Gasteiger partial charge in [0, 0.05) is 10.4 Å². The van der Waals surface area contributed by atoms with Crippen LogP contribution in [0.25, 0.3) is 11.1 Å². The summed E-state index contributed by atoms with van der Waals surface area (Å²) in [5.41, 5.74) is 7.44. The van der Waals surface area contributed by atoms with Crippen LogP contribution in [0, 0.1) is 0 Å². The number of methoxy groups -OCH3 is 2. The van der Waals surface area contributed by atoms with Crippen molar-refractivity contribution in [3.63, 3.8) is 0 Å². The van der Waals surface area contributed by atoms with Crippen LogP contribution in [0.1, 0.15) is 22.2 Å². The summed E-state index contributed by atoms with van der Waals surface area (Å²) < 4.78 is 10.5. The Kier molecular flexibility index (Phi) is 4.37. The van der Waals surface area contributed by atoms with E-state index in [9.17, 15) is 9.90 Å². The van der Waals surface area contributed by atoms with Gasteiger partial charge in [0.05, 0.1) is 14.2 Å². The highest BCUT2D eigenvalue weighted by molar-refractivity contribution is 7.17. The highest BCUT2D eigenvalue weighted by Gasteiger charge is 2.23. The lowest BCUT2D eigenvalue weighted by Crippen LogP contribution is -2.01. The van der Waals surface area contributed by atoms with Crippen molar-refractivity contribution in [2.45, 2.75) is 13.3 Å². The molecule has 0 amide bonds. The van der Waals surface area contributed by atoms with E-state index in [2.05, 4.69) is 0 Å². The van der Waals surface area contributed by atoms with E-state index >= 15 is 0 Å². The zero-order valence-corrected chi connectivity index (χ0v) is 12.9. The number of nitrogen functional groups attached to an aromatic ring is 1. The summed E-state index contributed by atoms with van der Waals surface area (Å²) in [6, 6.07) is 5.34. The maximum atomic E-state index is 11.5. The third-order valence-corrected chi connectivity index (χ3v) is 4.38. The average Bonchev–Trinajstić information content (AvgIpc) is 2.83. The van der Waals surface area contributed by atoms with Gasteiger partial charge in [0.25, 0.3) is 0 Å². The van der Waals surface area contributed by atoms with Gasteiger partial charge in [-0.2, -0.15) is 0 Å². The fraction of sp³-hybridized carbons (Fsp3) is 0.267. The standard InChI is InChI=1S/C15H17NO4S/c1-4-11-12(13(15(17)18)14(16)21-11)8-5-6-9(19-2)10(7-8)20-3/h5-7H,4,16H2,1-3H3,(H,17,18). The van der Waals surface area contributed by atoms with Crippen LogP contribution >= 0.6 is 11.3 Å². The minimum Gasteiger partial charge on any atom is -0.493 e. The molecule has 1 aromatic heterocycles. The maximum absolute atomic E-state index is 11.5. The molecule has 1 heterocycles. The van der Waals surface area contributed by atoms with E-state index in [0.29, 0.717) is 28.5 Å². The Morgan fingerprint density at radius 2 is 1.95 bits per heavy atom. The first-order valence-corrected chi connectivity index (χ1v) is 7.21. The Morgan fingerprint density at radius 1 is 1.29 bits per heavy atom. The number of aryl methyl sites for hydroxylation is 1. The smallest absolute Gasteiger partial charge is 0.339 e. The normalized spacial score (nSPS) is 10.4. The number of thiophene rings is 1. The predicted octanol–water partition coefficient (Wildman–Crippen LogP) is 3.28. The minimum atomic E-state index is -1.02. The highest BCUT2D eigenvalue weighted by atomic mass is 32.1. The highest BCUT2D eigenvalue weighted by Crippen LogP contribution is 2.41. The van der Waals surface area contributed by atoms with Gasteiger partial charge in [-0.3, -0.25) is 0 Å². The first-order valence-electron chi connectivity index (χ1n) is 6.40. The van der Waals surface area contributed by atoms with E-state index in [-0.39, 0.29) is 5.56 Å². The van der Waals surface area contributed by atoms with Gasteiger partial charge < -0.3 is 20.3 Å². The molecular formula is C15H17NO4S. The van der Waals surface area contributed by atoms with Crippen molar-refractivity contribution in [3.05, 3.63) is 28.6 Å². The molecule has 0 saturated carbocycles. The number of carboxylic acids is 1. The molecule has 21 heavy (non-hydrogen) atoms. The molecule has 0 spiro atoms. The van der Waals surface area contributed by atoms with Gasteiger partial charge in [0.2, 0.25) is 0 Å². The number of anilines is 1. The summed E-state index contributed by atoms with van der Waals surface area (Å²) in [7, 11) is 3.10. The molecule has 1 aromatic carbocycles. The van der Waals surface area contributed by atoms with E-state index in [4.69, 9.17) is 15.2 Å². The molecule has 0 bridgehead atoms. The predicted molar refractivity (Wildman–Crippen MR) is 83.6 cm³/mol. The molecule has 0 aliphatic heterocycles. The molecule has 0 radical (unpaired) electrons. The van der Waals surface area contributed by atoms with E-state index in [1.165, 1.54) is 11.3 Å². The number of benzene rings is 1. The van der Waals surface area contributed by atoms with E-state index in [0.717, 1.165) is 10.4 Å². The summed E-state index contributed by atoms with van der Waals surface area (Å²) in [6.45, 7) is 1.97. The van der Waals surface area contributed by atoms with Gasteiger partial charge in [-0.25, -0.2) is 4.79 Å². The Balaban J connectivity index is 2.68. The van der Waals surface area contributed by atoms with Crippen LogP contribution in [-0.2, 0) is 6.42 Å². The number of carboxylic acid groups (broad SMARTS) is 1. The van der Waals surface area contributed by atoms with Crippen molar-refractivity contribution in [2.24, 2.45) is 0 Å². The molecule has 112 valence electrons. The van der Waals surface area contributed by atoms with Gasteiger partial charge in [-0.1, -0.05) is 13.0 Å². The van der Waals surface area contributed by atoms with Crippen LogP contribution in [0.3, 0.4) is 0 Å². The number of ether oxygens (including phenoxy) is 2. The van der Waals surface area contributed by atoms with E-state index in [1.54, 1.807) is 26.4 Å². The topological polar surface area (TPSA) is 81.8 Å². The number of hydrogen-bond donors (Lipinski definition) is 2. The SMILES string of the molecule is CCc1sc(N)c(C(=O)O)c1-c1ccc(OC)c(OC)c1. The Hall–Kier alpha value is -2.21. The zero-order valence-electron chi connectivity index (χ0n) is 12.1. The van der Waals surface area contributed by atoms with Crippen LogP contribution in [0.15, 0.2) is 18.2 Å². The first-order chi connectivity index (χ1) is 10.0. The first kappa shape index (κ1) is 15.2. The van der Waals surface area contributed by atoms with Crippen molar-refractivity contribution in [1.29, 1.82) is 0 Å². The second kappa shape index (κ2) is 6.05. The van der Waals surface area contributed by atoms with Gasteiger partial charge in [-0.05, 0) is 24.1 Å². The summed E-state index contributed by atoms with van der Waals surface area (Å²) in [5.74, 6) is 0.130.